The van der Waals surface area contributed by atoms with Crippen molar-refractivity contribution in [2.75, 3.05) is 7.11 Å². The van der Waals surface area contributed by atoms with Gasteiger partial charge in [0.25, 0.3) is 0 Å². The molecular weight excluding hydrogens is 248 g/mol. The molecule has 0 heterocycles. The van der Waals surface area contributed by atoms with Gasteiger partial charge in [0, 0.05) is 5.92 Å². The van der Waals surface area contributed by atoms with E-state index in [4.69, 9.17) is 4.74 Å². The molecule has 0 aromatic heterocycles. The SMILES string of the molecule is COc1ccc(C=C2C(=O)[C@@H](C(C)C)CC[C@@H]2C)cc1. The molecule has 0 saturated heterocycles. The van der Waals surface area contributed by atoms with Crippen LogP contribution in [0.25, 0.3) is 6.08 Å². The summed E-state index contributed by atoms with van der Waals surface area (Å²) in [6.45, 7) is 6.44. The molecule has 0 aliphatic heterocycles. The van der Waals surface area contributed by atoms with E-state index in [1.54, 1.807) is 7.11 Å². The van der Waals surface area contributed by atoms with Crippen molar-refractivity contribution in [1.82, 2.24) is 0 Å². The first kappa shape index (κ1) is 14.8. The molecule has 1 aliphatic carbocycles. The highest BCUT2D eigenvalue weighted by molar-refractivity contribution is 6.02. The van der Waals surface area contributed by atoms with Gasteiger partial charge in [0.1, 0.15) is 5.75 Å². The number of hydrogen-bond donors (Lipinski definition) is 0. The van der Waals surface area contributed by atoms with Crippen LogP contribution in [0.15, 0.2) is 29.8 Å². The summed E-state index contributed by atoms with van der Waals surface area (Å²) in [5.74, 6) is 2.16. The minimum Gasteiger partial charge on any atom is -0.497 e. The van der Waals surface area contributed by atoms with Gasteiger partial charge in [-0.05, 0) is 54.0 Å². The van der Waals surface area contributed by atoms with Crippen LogP contribution in [0, 0.1) is 17.8 Å². The Balaban J connectivity index is 2.27. The summed E-state index contributed by atoms with van der Waals surface area (Å²) < 4.78 is 5.16. The number of ether oxygens (including phenoxy) is 1. The van der Waals surface area contributed by atoms with E-state index >= 15 is 0 Å². The monoisotopic (exact) mass is 272 g/mol. The predicted molar refractivity (Wildman–Crippen MR) is 82.7 cm³/mol. The van der Waals surface area contributed by atoms with Crippen LogP contribution in [0.5, 0.6) is 5.75 Å². The van der Waals surface area contributed by atoms with Crippen LogP contribution in [-0.2, 0) is 4.79 Å². The summed E-state index contributed by atoms with van der Waals surface area (Å²) in [4.78, 5) is 12.6. The molecule has 0 bridgehead atoms. The zero-order chi connectivity index (χ0) is 14.7. The molecular formula is C18H24O2. The Hall–Kier alpha value is -1.57. The standard InChI is InChI=1S/C18H24O2/c1-12(2)16-10-5-13(3)17(18(16)19)11-14-6-8-15(20-4)9-7-14/h6-9,11-13,16H,5,10H2,1-4H3/t13-,16+/m0/s1. The van der Waals surface area contributed by atoms with Crippen molar-refractivity contribution in [2.24, 2.45) is 17.8 Å². The minimum absolute atomic E-state index is 0.190. The Morgan fingerprint density at radius 1 is 1.20 bits per heavy atom. The Labute approximate surface area is 121 Å². The van der Waals surface area contributed by atoms with Gasteiger partial charge in [0.05, 0.1) is 7.11 Å². The number of rotatable bonds is 3. The van der Waals surface area contributed by atoms with Gasteiger partial charge in [-0.2, -0.15) is 0 Å². The molecule has 0 spiro atoms. The first-order valence-corrected chi connectivity index (χ1v) is 7.42. The van der Waals surface area contributed by atoms with Crippen LogP contribution in [-0.4, -0.2) is 12.9 Å². The van der Waals surface area contributed by atoms with Crippen LogP contribution >= 0.6 is 0 Å². The summed E-state index contributed by atoms with van der Waals surface area (Å²) in [6.07, 6.45) is 4.19. The summed E-state index contributed by atoms with van der Waals surface area (Å²) in [6, 6.07) is 7.88. The number of carbonyl (C=O) groups is 1. The molecule has 2 rings (SSSR count). The molecule has 20 heavy (non-hydrogen) atoms. The molecule has 1 fully saturated rings. The highest BCUT2D eigenvalue weighted by Crippen LogP contribution is 2.35. The molecule has 0 radical (unpaired) electrons. The van der Waals surface area contributed by atoms with E-state index in [9.17, 15) is 4.79 Å². The maximum absolute atomic E-state index is 12.6. The normalized spacial score (nSPS) is 25.2. The molecule has 1 aliphatic rings. The van der Waals surface area contributed by atoms with E-state index in [0.717, 1.165) is 29.7 Å². The van der Waals surface area contributed by atoms with Crippen molar-refractivity contribution in [2.45, 2.75) is 33.6 Å². The Kier molecular flexibility index (Phi) is 4.64. The first-order valence-electron chi connectivity index (χ1n) is 7.42. The fraction of sp³-hybridized carbons (Fsp3) is 0.500. The third-order valence-electron chi connectivity index (χ3n) is 4.31. The largest absolute Gasteiger partial charge is 0.497 e. The molecule has 1 saturated carbocycles. The maximum Gasteiger partial charge on any atom is 0.162 e. The van der Waals surface area contributed by atoms with E-state index < -0.39 is 0 Å². The molecule has 0 N–H and O–H groups in total. The van der Waals surface area contributed by atoms with E-state index in [1.165, 1.54) is 0 Å². The lowest BCUT2D eigenvalue weighted by atomic mass is 9.73. The van der Waals surface area contributed by atoms with Crippen molar-refractivity contribution in [1.29, 1.82) is 0 Å². The summed E-state index contributed by atoms with van der Waals surface area (Å²) >= 11 is 0. The third kappa shape index (κ3) is 3.12. The van der Waals surface area contributed by atoms with Crippen molar-refractivity contribution in [3.8, 4) is 5.75 Å². The average molecular weight is 272 g/mol. The van der Waals surface area contributed by atoms with Gasteiger partial charge in [0.2, 0.25) is 0 Å². The average Bonchev–Trinajstić information content (AvgIpc) is 2.43. The number of benzene rings is 1. The third-order valence-corrected chi connectivity index (χ3v) is 4.31. The topological polar surface area (TPSA) is 26.3 Å². The van der Waals surface area contributed by atoms with Gasteiger partial charge >= 0.3 is 0 Å². The molecule has 1 aromatic carbocycles. The highest BCUT2D eigenvalue weighted by atomic mass is 16.5. The van der Waals surface area contributed by atoms with Crippen molar-refractivity contribution in [3.05, 3.63) is 35.4 Å². The smallest absolute Gasteiger partial charge is 0.162 e. The van der Waals surface area contributed by atoms with E-state index in [-0.39, 0.29) is 5.92 Å². The van der Waals surface area contributed by atoms with Gasteiger partial charge in [-0.1, -0.05) is 32.9 Å². The van der Waals surface area contributed by atoms with Crippen molar-refractivity contribution in [3.63, 3.8) is 0 Å². The number of Topliss-reactive ketones (excluding diaryl/α,β-unsaturated/α-hetero) is 1. The number of hydrogen-bond acceptors (Lipinski definition) is 2. The molecule has 2 atom stereocenters. The Morgan fingerprint density at radius 3 is 2.40 bits per heavy atom. The molecule has 1 aromatic rings. The van der Waals surface area contributed by atoms with Gasteiger partial charge < -0.3 is 4.74 Å². The minimum atomic E-state index is 0.190. The second-order valence-corrected chi connectivity index (χ2v) is 6.07. The molecule has 108 valence electrons. The fourth-order valence-corrected chi connectivity index (χ4v) is 2.90. The van der Waals surface area contributed by atoms with Crippen LogP contribution in [0.2, 0.25) is 0 Å². The van der Waals surface area contributed by atoms with Crippen LogP contribution in [0.1, 0.15) is 39.2 Å². The lowest BCUT2D eigenvalue weighted by Gasteiger charge is -2.30. The predicted octanol–water partition coefficient (Wildman–Crippen LogP) is 4.35. The summed E-state index contributed by atoms with van der Waals surface area (Å²) in [5.41, 5.74) is 2.06. The molecule has 2 nitrogen and oxygen atoms in total. The van der Waals surface area contributed by atoms with Gasteiger partial charge in [-0.3, -0.25) is 4.79 Å². The van der Waals surface area contributed by atoms with E-state index in [1.807, 2.05) is 24.3 Å². The van der Waals surface area contributed by atoms with Crippen LogP contribution in [0.4, 0.5) is 0 Å². The van der Waals surface area contributed by atoms with Gasteiger partial charge in [0.15, 0.2) is 5.78 Å². The van der Waals surface area contributed by atoms with Crippen molar-refractivity contribution >= 4 is 11.9 Å². The van der Waals surface area contributed by atoms with Crippen LogP contribution in [0.3, 0.4) is 0 Å². The Morgan fingerprint density at radius 2 is 1.85 bits per heavy atom. The number of ketones is 1. The van der Waals surface area contributed by atoms with Crippen molar-refractivity contribution < 1.29 is 9.53 Å². The molecule has 0 unspecified atom stereocenters. The zero-order valence-electron chi connectivity index (χ0n) is 12.8. The molecule has 0 amide bonds. The van der Waals surface area contributed by atoms with Gasteiger partial charge in [-0.15, -0.1) is 0 Å². The number of carbonyl (C=O) groups excluding carboxylic acids is 1. The second-order valence-electron chi connectivity index (χ2n) is 6.07. The summed E-state index contributed by atoms with van der Waals surface area (Å²) in [7, 11) is 1.66. The van der Waals surface area contributed by atoms with Gasteiger partial charge in [-0.25, -0.2) is 0 Å². The lowest BCUT2D eigenvalue weighted by molar-refractivity contribution is -0.122. The first-order chi connectivity index (χ1) is 9.52. The number of allylic oxidation sites excluding steroid dienone is 1. The highest BCUT2D eigenvalue weighted by Gasteiger charge is 2.32. The second kappa shape index (κ2) is 6.25. The fourth-order valence-electron chi connectivity index (χ4n) is 2.90. The quantitative estimate of drug-likeness (QED) is 0.765. The molecule has 2 heteroatoms. The van der Waals surface area contributed by atoms with E-state index in [2.05, 4.69) is 26.8 Å². The zero-order valence-corrected chi connectivity index (χ0v) is 12.8. The number of methoxy groups -OCH3 is 1. The lowest BCUT2D eigenvalue weighted by Crippen LogP contribution is -2.30. The Bertz CT molecular complexity index is 497. The maximum atomic E-state index is 12.6. The van der Waals surface area contributed by atoms with E-state index in [0.29, 0.717) is 17.6 Å². The van der Waals surface area contributed by atoms with Crippen LogP contribution < -0.4 is 4.74 Å². The summed E-state index contributed by atoms with van der Waals surface area (Å²) in [5, 5.41) is 0.